The lowest BCUT2D eigenvalue weighted by molar-refractivity contribution is -0.116. The highest BCUT2D eigenvalue weighted by molar-refractivity contribution is 5.91. The molecule has 0 radical (unpaired) electrons. The molecule has 0 fully saturated rings. The van der Waals surface area contributed by atoms with Crippen LogP contribution in [0.15, 0.2) is 40.9 Å². The number of nitrogens with zero attached hydrogens (tertiary/aromatic N) is 2. The maximum atomic E-state index is 12.3. The number of fused-ring (bicyclic) bond motifs is 1. The third-order valence-electron chi connectivity index (χ3n) is 4.73. The fourth-order valence-corrected chi connectivity index (χ4v) is 3.19. The van der Waals surface area contributed by atoms with Crippen LogP contribution in [0.4, 0.5) is 5.69 Å². The van der Waals surface area contributed by atoms with Gasteiger partial charge in [-0.2, -0.15) is 4.98 Å². The third-order valence-corrected chi connectivity index (χ3v) is 4.73. The molecule has 0 saturated carbocycles. The van der Waals surface area contributed by atoms with Crippen molar-refractivity contribution in [3.05, 3.63) is 42.3 Å². The van der Waals surface area contributed by atoms with E-state index in [0.717, 1.165) is 5.56 Å². The largest absolute Gasteiger partial charge is 0.493 e. The molecule has 1 aliphatic rings. The van der Waals surface area contributed by atoms with Gasteiger partial charge in [-0.05, 0) is 36.8 Å². The first-order chi connectivity index (χ1) is 15.2. The summed E-state index contributed by atoms with van der Waals surface area (Å²) < 4.78 is 26.9. The third kappa shape index (κ3) is 4.88. The van der Waals surface area contributed by atoms with E-state index in [1.165, 1.54) is 0 Å². The second-order valence-electron chi connectivity index (χ2n) is 6.84. The van der Waals surface area contributed by atoms with Gasteiger partial charge in [-0.3, -0.25) is 4.79 Å². The molecule has 0 saturated heterocycles. The number of carbonyl (C=O) groups excluding carboxylic acids is 1. The van der Waals surface area contributed by atoms with E-state index >= 15 is 0 Å². The molecule has 3 aromatic rings. The Hall–Kier alpha value is -3.75. The van der Waals surface area contributed by atoms with Gasteiger partial charge in [-0.1, -0.05) is 5.16 Å². The molecule has 1 amide bonds. The van der Waals surface area contributed by atoms with Gasteiger partial charge < -0.3 is 28.8 Å². The number of aryl methyl sites for hydroxylation is 1. The molecule has 2 aromatic carbocycles. The molecule has 1 aliphatic heterocycles. The first-order valence-electron chi connectivity index (χ1n) is 9.91. The normalized spacial score (nSPS) is 12.3. The van der Waals surface area contributed by atoms with Crippen LogP contribution >= 0.6 is 0 Å². The number of ether oxygens (including phenoxy) is 4. The zero-order chi connectivity index (χ0) is 21.6. The molecule has 31 heavy (non-hydrogen) atoms. The van der Waals surface area contributed by atoms with Crippen molar-refractivity contribution in [2.24, 2.45) is 0 Å². The highest BCUT2D eigenvalue weighted by atomic mass is 16.6. The van der Waals surface area contributed by atoms with Gasteiger partial charge in [-0.25, -0.2) is 0 Å². The minimum Gasteiger partial charge on any atom is -0.493 e. The zero-order valence-electron chi connectivity index (χ0n) is 17.3. The highest BCUT2D eigenvalue weighted by Gasteiger charge is 2.14. The van der Waals surface area contributed by atoms with Crippen molar-refractivity contribution < 1.29 is 28.3 Å². The number of rotatable bonds is 8. The quantitative estimate of drug-likeness (QED) is 0.585. The second kappa shape index (κ2) is 9.38. The van der Waals surface area contributed by atoms with Gasteiger partial charge in [0.05, 0.1) is 14.2 Å². The summed E-state index contributed by atoms with van der Waals surface area (Å²) >= 11 is 0. The number of amides is 1. The number of nitrogens with one attached hydrogen (secondary N) is 1. The van der Waals surface area contributed by atoms with Crippen LogP contribution < -0.4 is 24.3 Å². The molecule has 162 valence electrons. The van der Waals surface area contributed by atoms with Crippen LogP contribution in [-0.4, -0.2) is 43.5 Å². The van der Waals surface area contributed by atoms with Gasteiger partial charge in [0.25, 0.3) is 0 Å². The summed E-state index contributed by atoms with van der Waals surface area (Å²) in [6.07, 6.45) is 1.39. The number of methoxy groups -OCH3 is 2. The Labute approximate surface area is 179 Å². The molecule has 1 aromatic heterocycles. The number of carbonyl (C=O) groups is 1. The summed E-state index contributed by atoms with van der Waals surface area (Å²) in [4.78, 5) is 16.7. The fourth-order valence-electron chi connectivity index (χ4n) is 3.19. The zero-order valence-corrected chi connectivity index (χ0v) is 17.3. The van der Waals surface area contributed by atoms with E-state index in [1.54, 1.807) is 44.6 Å². The van der Waals surface area contributed by atoms with Gasteiger partial charge in [0, 0.05) is 30.2 Å². The molecule has 2 heterocycles. The summed E-state index contributed by atoms with van der Waals surface area (Å²) in [5, 5.41) is 6.88. The standard InChI is InChI=1S/C22H23N3O6/c1-27-16-8-6-14(12-18(16)28-2)22-24-21(31-25-22)5-3-4-20(26)23-15-7-9-17-19(13-15)30-11-10-29-17/h6-9,12-13H,3-5,10-11H2,1-2H3,(H,23,26). The molecular weight excluding hydrogens is 402 g/mol. The summed E-state index contributed by atoms with van der Waals surface area (Å²) in [5.74, 6) is 3.36. The van der Waals surface area contributed by atoms with Crippen LogP contribution in [0.5, 0.6) is 23.0 Å². The summed E-state index contributed by atoms with van der Waals surface area (Å²) in [6.45, 7) is 1.03. The maximum absolute atomic E-state index is 12.3. The van der Waals surface area contributed by atoms with E-state index in [9.17, 15) is 4.79 Å². The molecular formula is C22H23N3O6. The molecule has 4 rings (SSSR count). The highest BCUT2D eigenvalue weighted by Crippen LogP contribution is 2.33. The SMILES string of the molecule is COc1ccc(-c2noc(CCCC(=O)Nc3ccc4c(c3)OCCO4)n2)cc1OC. The van der Waals surface area contributed by atoms with Crippen molar-refractivity contribution in [3.8, 4) is 34.4 Å². The Balaban J connectivity index is 1.29. The second-order valence-corrected chi connectivity index (χ2v) is 6.84. The summed E-state index contributed by atoms with van der Waals surface area (Å²) in [7, 11) is 3.15. The Morgan fingerprint density at radius 3 is 2.65 bits per heavy atom. The Morgan fingerprint density at radius 1 is 1.03 bits per heavy atom. The topological polar surface area (TPSA) is 105 Å². The van der Waals surface area contributed by atoms with Crippen molar-refractivity contribution in [2.45, 2.75) is 19.3 Å². The van der Waals surface area contributed by atoms with E-state index in [-0.39, 0.29) is 5.91 Å². The Morgan fingerprint density at radius 2 is 1.84 bits per heavy atom. The van der Waals surface area contributed by atoms with Gasteiger partial charge in [0.15, 0.2) is 23.0 Å². The Bertz CT molecular complexity index is 1070. The minimum atomic E-state index is -0.101. The first-order valence-corrected chi connectivity index (χ1v) is 9.91. The van der Waals surface area contributed by atoms with Crippen molar-refractivity contribution in [1.82, 2.24) is 10.1 Å². The summed E-state index contributed by atoms with van der Waals surface area (Å²) in [5.41, 5.74) is 1.42. The van der Waals surface area contributed by atoms with Crippen LogP contribution in [0, 0.1) is 0 Å². The van der Waals surface area contributed by atoms with Crippen LogP contribution in [0.2, 0.25) is 0 Å². The van der Waals surface area contributed by atoms with Crippen molar-refractivity contribution in [3.63, 3.8) is 0 Å². The van der Waals surface area contributed by atoms with Gasteiger partial charge in [0.1, 0.15) is 13.2 Å². The van der Waals surface area contributed by atoms with Gasteiger partial charge in [0.2, 0.25) is 17.6 Å². The van der Waals surface area contributed by atoms with E-state index in [1.807, 2.05) is 6.07 Å². The van der Waals surface area contributed by atoms with Crippen molar-refractivity contribution >= 4 is 11.6 Å². The predicted octanol–water partition coefficient (Wildman–Crippen LogP) is 3.49. The number of benzene rings is 2. The molecule has 0 spiro atoms. The monoisotopic (exact) mass is 425 g/mol. The Kier molecular flexibility index (Phi) is 6.21. The molecule has 0 bridgehead atoms. The average molecular weight is 425 g/mol. The first kappa shape index (κ1) is 20.5. The van der Waals surface area contributed by atoms with Crippen molar-refractivity contribution in [1.29, 1.82) is 0 Å². The minimum absolute atomic E-state index is 0.101. The van der Waals surface area contributed by atoms with Crippen LogP contribution in [0.3, 0.4) is 0 Å². The number of aromatic nitrogens is 2. The lowest BCUT2D eigenvalue weighted by Gasteiger charge is -2.19. The predicted molar refractivity (Wildman–Crippen MR) is 112 cm³/mol. The maximum Gasteiger partial charge on any atom is 0.226 e. The van der Waals surface area contributed by atoms with Crippen LogP contribution in [-0.2, 0) is 11.2 Å². The smallest absolute Gasteiger partial charge is 0.226 e. The molecule has 0 atom stereocenters. The van der Waals surface area contributed by atoms with Crippen molar-refractivity contribution in [2.75, 3.05) is 32.8 Å². The molecule has 0 aliphatic carbocycles. The summed E-state index contributed by atoms with van der Waals surface area (Å²) in [6, 6.07) is 10.7. The lowest BCUT2D eigenvalue weighted by atomic mass is 10.2. The van der Waals surface area contributed by atoms with E-state index in [2.05, 4.69) is 15.5 Å². The molecule has 9 heteroatoms. The molecule has 9 nitrogen and oxygen atoms in total. The van der Waals surface area contributed by atoms with E-state index in [0.29, 0.717) is 72.9 Å². The van der Waals surface area contributed by atoms with E-state index < -0.39 is 0 Å². The average Bonchev–Trinajstić information content (AvgIpc) is 3.27. The number of hydrogen-bond donors (Lipinski definition) is 1. The molecule has 1 N–H and O–H groups in total. The fraction of sp³-hybridized carbons (Fsp3) is 0.318. The van der Waals surface area contributed by atoms with Gasteiger partial charge in [-0.15, -0.1) is 0 Å². The van der Waals surface area contributed by atoms with Crippen LogP contribution in [0.25, 0.3) is 11.4 Å². The van der Waals surface area contributed by atoms with E-state index in [4.69, 9.17) is 23.5 Å². The number of anilines is 1. The lowest BCUT2D eigenvalue weighted by Crippen LogP contribution is -2.16. The van der Waals surface area contributed by atoms with Gasteiger partial charge >= 0.3 is 0 Å². The molecule has 0 unspecified atom stereocenters. The number of hydrogen-bond acceptors (Lipinski definition) is 8. The van der Waals surface area contributed by atoms with Crippen LogP contribution in [0.1, 0.15) is 18.7 Å².